The van der Waals surface area contributed by atoms with Crippen molar-refractivity contribution in [1.29, 1.82) is 0 Å². The predicted octanol–water partition coefficient (Wildman–Crippen LogP) is 3.79. The summed E-state index contributed by atoms with van der Waals surface area (Å²) in [5.74, 6) is -0.177. The molecule has 3 aromatic rings. The molecule has 1 aromatic carbocycles. The highest BCUT2D eigenvalue weighted by Gasteiger charge is 2.23. The molecule has 1 aliphatic rings. The number of carbonyl (C=O) groups excluding carboxylic acids is 2. The van der Waals surface area contributed by atoms with Gasteiger partial charge in [0.05, 0.1) is 23.9 Å². The molecule has 0 radical (unpaired) electrons. The molecule has 2 heterocycles. The summed E-state index contributed by atoms with van der Waals surface area (Å²) in [4.78, 5) is 44.1. The maximum absolute atomic E-state index is 13.1. The minimum Gasteiger partial charge on any atom is -0.462 e. The molecule has 1 N–H and O–H groups in total. The summed E-state index contributed by atoms with van der Waals surface area (Å²) in [5.41, 5.74) is 1.76. The Hall–Kier alpha value is -3.00. The number of rotatable bonds is 6. The number of amides is 1. The number of aryl methyl sites for hydroxylation is 1. The first-order chi connectivity index (χ1) is 15.0. The van der Waals surface area contributed by atoms with Gasteiger partial charge in [-0.25, -0.2) is 9.78 Å². The standard InChI is InChI=1S/C23H25N3O4S/c1-3-9-30-23(29)15-5-4-6-16(11-15)25-19(27)12-26-13-24-21-20(22(26)28)17-8-7-14(2)10-18(17)31-21/h4-6,11,13-14H,3,7-10,12H2,1-2H3,(H,25,27). The number of benzene rings is 1. The van der Waals surface area contributed by atoms with Crippen LogP contribution in [-0.4, -0.2) is 28.0 Å². The third kappa shape index (κ3) is 4.54. The largest absolute Gasteiger partial charge is 0.462 e. The molecule has 0 saturated heterocycles. The highest BCUT2D eigenvalue weighted by molar-refractivity contribution is 7.18. The average molecular weight is 440 g/mol. The van der Waals surface area contributed by atoms with Crippen LogP contribution in [0.25, 0.3) is 10.2 Å². The fourth-order valence-corrected chi connectivity index (χ4v) is 5.18. The monoisotopic (exact) mass is 439 g/mol. The summed E-state index contributed by atoms with van der Waals surface area (Å²) >= 11 is 1.59. The van der Waals surface area contributed by atoms with Gasteiger partial charge in [-0.05, 0) is 55.4 Å². The molecule has 1 amide bonds. The number of thiophene rings is 1. The molecule has 31 heavy (non-hydrogen) atoms. The summed E-state index contributed by atoms with van der Waals surface area (Å²) in [5, 5.41) is 3.40. The van der Waals surface area contributed by atoms with Crippen molar-refractivity contribution < 1.29 is 14.3 Å². The summed E-state index contributed by atoms with van der Waals surface area (Å²) in [6.07, 6.45) is 5.10. The van der Waals surface area contributed by atoms with Gasteiger partial charge >= 0.3 is 5.97 Å². The number of nitrogens with one attached hydrogen (secondary N) is 1. The van der Waals surface area contributed by atoms with E-state index < -0.39 is 5.97 Å². The Morgan fingerprint density at radius 3 is 3.00 bits per heavy atom. The minimum absolute atomic E-state index is 0.146. The molecule has 0 bridgehead atoms. The fraction of sp³-hybridized carbons (Fsp3) is 0.391. The second-order valence-electron chi connectivity index (χ2n) is 7.97. The lowest BCUT2D eigenvalue weighted by molar-refractivity contribution is -0.116. The van der Waals surface area contributed by atoms with Gasteiger partial charge in [0.2, 0.25) is 5.91 Å². The van der Waals surface area contributed by atoms with Gasteiger partial charge in [0, 0.05) is 10.6 Å². The SMILES string of the molecule is CCCOC(=O)c1cccc(NC(=O)Cn2cnc3sc4c(c3c2=O)CCC(C)C4)c1. The van der Waals surface area contributed by atoms with Crippen molar-refractivity contribution in [2.45, 2.75) is 46.1 Å². The molecule has 1 unspecified atom stereocenters. The van der Waals surface area contributed by atoms with Gasteiger partial charge in [0.1, 0.15) is 11.4 Å². The zero-order chi connectivity index (χ0) is 22.0. The van der Waals surface area contributed by atoms with Crippen LogP contribution in [-0.2, 0) is 28.9 Å². The molecule has 0 fully saturated rings. The average Bonchev–Trinajstić information content (AvgIpc) is 3.12. The van der Waals surface area contributed by atoms with Crippen molar-refractivity contribution in [2.75, 3.05) is 11.9 Å². The Balaban J connectivity index is 1.51. The maximum Gasteiger partial charge on any atom is 0.338 e. The first-order valence-electron chi connectivity index (χ1n) is 10.5. The van der Waals surface area contributed by atoms with E-state index in [9.17, 15) is 14.4 Å². The van der Waals surface area contributed by atoms with E-state index in [1.165, 1.54) is 15.8 Å². The summed E-state index contributed by atoms with van der Waals surface area (Å²) in [6, 6.07) is 6.57. The second kappa shape index (κ2) is 9.01. The van der Waals surface area contributed by atoms with Gasteiger partial charge in [-0.15, -0.1) is 11.3 Å². The number of ether oxygens (including phenoxy) is 1. The number of fused-ring (bicyclic) bond motifs is 3. The van der Waals surface area contributed by atoms with Crippen molar-refractivity contribution in [1.82, 2.24) is 9.55 Å². The quantitative estimate of drug-likeness (QED) is 0.590. The Morgan fingerprint density at radius 2 is 2.19 bits per heavy atom. The highest BCUT2D eigenvalue weighted by Crippen LogP contribution is 2.35. The van der Waals surface area contributed by atoms with Gasteiger partial charge in [0.15, 0.2) is 0 Å². The van der Waals surface area contributed by atoms with Crippen LogP contribution in [0.1, 0.15) is 47.5 Å². The molecule has 4 rings (SSSR count). The van der Waals surface area contributed by atoms with E-state index in [2.05, 4.69) is 17.2 Å². The van der Waals surface area contributed by atoms with Crippen LogP contribution in [0, 0.1) is 5.92 Å². The number of anilines is 1. The van der Waals surface area contributed by atoms with Gasteiger partial charge in [-0.2, -0.15) is 0 Å². The minimum atomic E-state index is -0.430. The van der Waals surface area contributed by atoms with Crippen molar-refractivity contribution in [2.24, 2.45) is 5.92 Å². The molecule has 7 nitrogen and oxygen atoms in total. The molecule has 1 atom stereocenters. The van der Waals surface area contributed by atoms with E-state index in [4.69, 9.17) is 4.74 Å². The van der Waals surface area contributed by atoms with E-state index in [0.29, 0.717) is 29.2 Å². The molecule has 1 aliphatic carbocycles. The molecular weight excluding hydrogens is 414 g/mol. The van der Waals surface area contributed by atoms with E-state index in [1.54, 1.807) is 35.6 Å². The first-order valence-corrected chi connectivity index (χ1v) is 11.3. The zero-order valence-electron chi connectivity index (χ0n) is 17.6. The molecule has 162 valence electrons. The molecular formula is C23H25N3O4S. The third-order valence-electron chi connectivity index (χ3n) is 5.42. The number of hydrogen-bond acceptors (Lipinski definition) is 6. The lowest BCUT2D eigenvalue weighted by atomic mass is 9.89. The van der Waals surface area contributed by atoms with Crippen molar-refractivity contribution in [3.8, 4) is 0 Å². The Bertz CT molecular complexity index is 1200. The Morgan fingerprint density at radius 1 is 1.35 bits per heavy atom. The van der Waals surface area contributed by atoms with Gasteiger partial charge in [-0.3, -0.25) is 14.2 Å². The number of hydrogen-bond donors (Lipinski definition) is 1. The molecule has 0 saturated carbocycles. The third-order valence-corrected chi connectivity index (χ3v) is 6.58. The molecule has 0 aliphatic heterocycles. The second-order valence-corrected chi connectivity index (χ2v) is 9.06. The van der Waals surface area contributed by atoms with Gasteiger partial charge in [0.25, 0.3) is 5.56 Å². The van der Waals surface area contributed by atoms with Gasteiger partial charge in [-0.1, -0.05) is 19.9 Å². The van der Waals surface area contributed by atoms with E-state index in [-0.39, 0.29) is 18.0 Å². The number of carbonyl (C=O) groups is 2. The molecule has 8 heteroatoms. The predicted molar refractivity (Wildman–Crippen MR) is 121 cm³/mol. The van der Waals surface area contributed by atoms with Crippen LogP contribution >= 0.6 is 11.3 Å². The smallest absolute Gasteiger partial charge is 0.338 e. The van der Waals surface area contributed by atoms with Crippen LogP contribution in [0.3, 0.4) is 0 Å². The summed E-state index contributed by atoms with van der Waals surface area (Å²) in [6.45, 7) is 4.35. The van der Waals surface area contributed by atoms with Crippen molar-refractivity contribution in [3.63, 3.8) is 0 Å². The van der Waals surface area contributed by atoms with E-state index in [0.717, 1.165) is 36.1 Å². The van der Waals surface area contributed by atoms with Crippen LogP contribution in [0.15, 0.2) is 35.4 Å². The summed E-state index contributed by atoms with van der Waals surface area (Å²) in [7, 11) is 0. The van der Waals surface area contributed by atoms with Crippen LogP contribution in [0.2, 0.25) is 0 Å². The topological polar surface area (TPSA) is 90.3 Å². The fourth-order valence-electron chi connectivity index (χ4n) is 3.84. The molecule has 0 spiro atoms. The summed E-state index contributed by atoms with van der Waals surface area (Å²) < 4.78 is 6.48. The lowest BCUT2D eigenvalue weighted by Crippen LogP contribution is -2.28. The lowest BCUT2D eigenvalue weighted by Gasteiger charge is -2.17. The van der Waals surface area contributed by atoms with Crippen molar-refractivity contribution in [3.05, 3.63) is 57.0 Å². The van der Waals surface area contributed by atoms with Gasteiger partial charge < -0.3 is 10.1 Å². The number of nitrogens with zero attached hydrogens (tertiary/aromatic N) is 2. The number of aromatic nitrogens is 2. The normalized spacial score (nSPS) is 15.5. The zero-order valence-corrected chi connectivity index (χ0v) is 18.5. The maximum atomic E-state index is 13.1. The van der Waals surface area contributed by atoms with E-state index in [1.807, 2.05) is 6.92 Å². The molecule has 2 aromatic heterocycles. The first kappa shape index (κ1) is 21.2. The van der Waals surface area contributed by atoms with Crippen molar-refractivity contribution >= 4 is 39.1 Å². The van der Waals surface area contributed by atoms with Crippen LogP contribution in [0.5, 0.6) is 0 Å². The van der Waals surface area contributed by atoms with Crippen LogP contribution < -0.4 is 10.9 Å². The number of esters is 1. The van der Waals surface area contributed by atoms with E-state index >= 15 is 0 Å². The Labute approximate surface area is 184 Å². The Kier molecular flexibility index (Phi) is 6.18. The van der Waals surface area contributed by atoms with Crippen LogP contribution in [0.4, 0.5) is 5.69 Å². The highest BCUT2D eigenvalue weighted by atomic mass is 32.1.